The van der Waals surface area contributed by atoms with Crippen LogP contribution in [0.5, 0.6) is 0 Å². The number of carbonyl (C=O) groups excluding carboxylic acids is 1. The van der Waals surface area contributed by atoms with Crippen molar-refractivity contribution in [1.82, 2.24) is 0 Å². The number of nitrogens with zero attached hydrogens (tertiary/aromatic N) is 1. The molecular weight excluding hydrogens is 515 g/mol. The second-order valence-corrected chi connectivity index (χ2v) is 11.6. The van der Waals surface area contributed by atoms with Crippen molar-refractivity contribution >= 4 is 60.1 Å². The van der Waals surface area contributed by atoms with Gasteiger partial charge >= 0.3 is 0 Å². The first-order valence-corrected chi connectivity index (χ1v) is 13.9. The highest BCUT2D eigenvalue weighted by Crippen LogP contribution is 2.50. The van der Waals surface area contributed by atoms with E-state index in [1.807, 2.05) is 25.1 Å². The Morgan fingerprint density at radius 2 is 1.91 bits per heavy atom. The fraction of sp³-hybridized carbons (Fsp3) is 0.320. The molecule has 1 unspecified atom stereocenters. The Bertz CT molecular complexity index is 1120. The molecule has 0 saturated carbocycles. The molecule has 1 aliphatic rings. The quantitative estimate of drug-likeness (QED) is 0.207. The van der Waals surface area contributed by atoms with Gasteiger partial charge in [-0.15, -0.1) is 11.3 Å². The van der Waals surface area contributed by atoms with Crippen LogP contribution in [0.4, 0.5) is 10.1 Å². The molecule has 0 amide bonds. The average molecular weight is 540 g/mol. The number of benzene rings is 2. The molecule has 4 rings (SSSR count). The minimum absolute atomic E-state index is 0.297. The van der Waals surface area contributed by atoms with Crippen LogP contribution < -0.4 is 9.97 Å². The number of halogens is 3. The highest BCUT2D eigenvalue weighted by atomic mass is 35.5. The third kappa shape index (κ3) is 5.99. The monoisotopic (exact) mass is 539 g/mol. The molecule has 3 aromatic rings. The molecule has 1 aliphatic heterocycles. The fourth-order valence-corrected chi connectivity index (χ4v) is 7.56. The lowest BCUT2D eigenvalue weighted by molar-refractivity contribution is 0.0690. The Balaban J connectivity index is 1.80. The molecule has 1 aromatic heterocycles. The van der Waals surface area contributed by atoms with Gasteiger partial charge in [-0.2, -0.15) is 0 Å². The number of thiophene rings is 1. The van der Waals surface area contributed by atoms with Crippen LogP contribution >= 0.6 is 42.8 Å². The Labute approximate surface area is 214 Å². The summed E-state index contributed by atoms with van der Waals surface area (Å²) in [4.78, 5) is 13.7. The van der Waals surface area contributed by atoms with E-state index in [-0.39, 0.29) is 5.82 Å². The topological polar surface area (TPSA) is 38.8 Å². The van der Waals surface area contributed by atoms with E-state index in [4.69, 9.17) is 32.5 Å². The van der Waals surface area contributed by atoms with Crippen LogP contribution in [0.15, 0.2) is 48.5 Å². The van der Waals surface area contributed by atoms with Crippen molar-refractivity contribution in [1.29, 1.82) is 0 Å². The Hall–Kier alpha value is -1.53. The molecule has 2 aromatic carbocycles. The standard InChI is InChI=1S/C25H25Cl2FNO3PS/c1-2-32-33(23-8-5-19(26)13-21(23)27)29(15-17-9-11-31-12-10-17)22-14-24(34-25(22)16-30)18-3-6-20(28)7-4-18/h3-8,13-14,16-17H,2,9-12,15H2,1H3. The molecule has 34 heavy (non-hydrogen) atoms. The number of carbonyl (C=O) groups is 1. The Morgan fingerprint density at radius 1 is 1.18 bits per heavy atom. The van der Waals surface area contributed by atoms with E-state index in [9.17, 15) is 9.18 Å². The SMILES string of the molecule is CCOP(c1ccc(Cl)cc1Cl)N(CC1CCOCC1)c1cc(-c2ccc(F)cc2)sc1C=O. The van der Waals surface area contributed by atoms with Crippen molar-refractivity contribution in [2.24, 2.45) is 5.92 Å². The van der Waals surface area contributed by atoms with Gasteiger partial charge in [0.2, 0.25) is 0 Å². The maximum absolute atomic E-state index is 13.5. The van der Waals surface area contributed by atoms with Crippen LogP contribution in [0, 0.1) is 11.7 Å². The van der Waals surface area contributed by atoms with Crippen LogP contribution in [0.3, 0.4) is 0 Å². The minimum Gasteiger partial charge on any atom is -0.381 e. The average Bonchev–Trinajstić information content (AvgIpc) is 3.27. The lowest BCUT2D eigenvalue weighted by atomic mass is 10.0. The molecule has 180 valence electrons. The van der Waals surface area contributed by atoms with Crippen molar-refractivity contribution < 1.29 is 18.4 Å². The van der Waals surface area contributed by atoms with E-state index in [1.165, 1.54) is 23.5 Å². The molecule has 1 atom stereocenters. The number of rotatable bonds is 9. The summed E-state index contributed by atoms with van der Waals surface area (Å²) in [7, 11) is -1.35. The van der Waals surface area contributed by atoms with Gasteiger partial charge in [0.1, 0.15) is 5.82 Å². The summed E-state index contributed by atoms with van der Waals surface area (Å²) in [5.41, 5.74) is 1.66. The van der Waals surface area contributed by atoms with Crippen LogP contribution in [0.2, 0.25) is 10.0 Å². The summed E-state index contributed by atoms with van der Waals surface area (Å²) in [5, 5.41) is 1.94. The van der Waals surface area contributed by atoms with Gasteiger partial charge in [-0.25, -0.2) is 4.39 Å². The summed E-state index contributed by atoms with van der Waals surface area (Å²) in [6.07, 6.45) is 2.75. The van der Waals surface area contributed by atoms with Gasteiger partial charge < -0.3 is 13.9 Å². The molecule has 1 fully saturated rings. The summed E-state index contributed by atoms with van der Waals surface area (Å²) in [5.74, 6) is 0.0912. The van der Waals surface area contributed by atoms with E-state index in [0.717, 1.165) is 53.8 Å². The second kappa shape index (κ2) is 11.9. The van der Waals surface area contributed by atoms with Crippen LogP contribution in [-0.2, 0) is 9.26 Å². The van der Waals surface area contributed by atoms with E-state index >= 15 is 0 Å². The molecule has 1 saturated heterocycles. The number of aldehydes is 1. The van der Waals surface area contributed by atoms with Crippen molar-refractivity contribution in [3.63, 3.8) is 0 Å². The number of anilines is 1. The maximum atomic E-state index is 13.5. The zero-order valence-electron chi connectivity index (χ0n) is 18.7. The fourth-order valence-electron chi connectivity index (χ4n) is 3.91. The van der Waals surface area contributed by atoms with Gasteiger partial charge in [-0.1, -0.05) is 35.3 Å². The molecule has 0 aliphatic carbocycles. The first-order valence-electron chi connectivity index (χ1n) is 11.1. The highest BCUT2D eigenvalue weighted by Gasteiger charge is 2.31. The Kier molecular flexibility index (Phi) is 8.97. The normalized spacial score (nSPS) is 15.3. The third-order valence-corrected chi connectivity index (χ3v) is 9.51. The van der Waals surface area contributed by atoms with E-state index in [2.05, 4.69) is 4.67 Å². The zero-order chi connectivity index (χ0) is 24.1. The number of ether oxygens (including phenoxy) is 1. The molecule has 2 heterocycles. The van der Waals surface area contributed by atoms with E-state index in [1.54, 1.807) is 18.2 Å². The summed E-state index contributed by atoms with van der Waals surface area (Å²) in [6, 6.07) is 13.7. The molecule has 0 bridgehead atoms. The van der Waals surface area contributed by atoms with Gasteiger partial charge in [-0.05, 0) is 67.6 Å². The van der Waals surface area contributed by atoms with Gasteiger partial charge in [0.15, 0.2) is 14.6 Å². The zero-order valence-corrected chi connectivity index (χ0v) is 21.9. The van der Waals surface area contributed by atoms with Gasteiger partial charge in [0.25, 0.3) is 0 Å². The van der Waals surface area contributed by atoms with Gasteiger partial charge in [0.05, 0.1) is 22.2 Å². The first kappa shape index (κ1) is 25.6. The Morgan fingerprint density at radius 3 is 2.56 bits per heavy atom. The largest absolute Gasteiger partial charge is 0.381 e. The molecule has 0 radical (unpaired) electrons. The van der Waals surface area contributed by atoms with Crippen molar-refractivity contribution in [3.8, 4) is 10.4 Å². The van der Waals surface area contributed by atoms with Crippen LogP contribution in [-0.4, -0.2) is 32.7 Å². The molecular formula is C25H25Cl2FNO3PS. The molecule has 0 spiro atoms. The summed E-state index contributed by atoms with van der Waals surface area (Å²) >= 11 is 14.2. The van der Waals surface area contributed by atoms with Crippen molar-refractivity contribution in [2.75, 3.05) is 31.0 Å². The lowest BCUT2D eigenvalue weighted by Crippen LogP contribution is -2.32. The highest BCUT2D eigenvalue weighted by molar-refractivity contribution is 7.62. The first-order chi connectivity index (χ1) is 16.5. The van der Waals surface area contributed by atoms with Gasteiger partial charge in [-0.3, -0.25) is 4.79 Å². The van der Waals surface area contributed by atoms with Crippen molar-refractivity contribution in [2.45, 2.75) is 19.8 Å². The maximum Gasteiger partial charge on any atom is 0.168 e. The minimum atomic E-state index is -1.35. The van der Waals surface area contributed by atoms with Crippen molar-refractivity contribution in [3.05, 3.63) is 69.3 Å². The lowest BCUT2D eigenvalue weighted by Gasteiger charge is -2.36. The van der Waals surface area contributed by atoms with Crippen LogP contribution in [0.25, 0.3) is 10.4 Å². The van der Waals surface area contributed by atoms with E-state index in [0.29, 0.717) is 34.0 Å². The molecule has 9 heteroatoms. The predicted molar refractivity (Wildman–Crippen MR) is 141 cm³/mol. The summed E-state index contributed by atoms with van der Waals surface area (Å²) in [6.45, 7) is 4.58. The predicted octanol–water partition coefficient (Wildman–Crippen LogP) is 7.58. The number of hydrogen-bond acceptors (Lipinski definition) is 5. The van der Waals surface area contributed by atoms with E-state index < -0.39 is 8.30 Å². The number of hydrogen-bond donors (Lipinski definition) is 0. The molecule has 0 N–H and O–H groups in total. The summed E-state index contributed by atoms with van der Waals surface area (Å²) < 4.78 is 27.5. The molecule has 4 nitrogen and oxygen atoms in total. The van der Waals surface area contributed by atoms with Crippen LogP contribution in [0.1, 0.15) is 29.4 Å². The third-order valence-electron chi connectivity index (χ3n) is 5.61. The van der Waals surface area contributed by atoms with Gasteiger partial charge in [0, 0.05) is 35.0 Å². The smallest absolute Gasteiger partial charge is 0.168 e. The second-order valence-electron chi connectivity index (χ2n) is 7.91.